The highest BCUT2D eigenvalue weighted by atomic mass is 16.5. The first-order valence-corrected chi connectivity index (χ1v) is 9.47. The van der Waals surface area contributed by atoms with Crippen molar-refractivity contribution in [1.29, 1.82) is 0 Å². The van der Waals surface area contributed by atoms with Crippen molar-refractivity contribution in [2.45, 2.75) is 40.0 Å². The van der Waals surface area contributed by atoms with Gasteiger partial charge in [0.05, 0.1) is 0 Å². The fourth-order valence-electron chi connectivity index (χ4n) is 3.09. The summed E-state index contributed by atoms with van der Waals surface area (Å²) in [5.41, 5.74) is 1.01. The van der Waals surface area contributed by atoms with Crippen LogP contribution in [0.5, 0.6) is 0 Å². The monoisotopic (exact) mass is 372 g/mol. The van der Waals surface area contributed by atoms with Crippen LogP contribution in [0.25, 0.3) is 0 Å². The van der Waals surface area contributed by atoms with E-state index in [1.807, 2.05) is 6.92 Å². The molecule has 1 saturated heterocycles. The molecule has 27 heavy (non-hydrogen) atoms. The normalized spacial score (nSPS) is 15.4. The zero-order valence-corrected chi connectivity index (χ0v) is 16.5. The molecule has 1 N–H and O–H groups in total. The SMILES string of the molecule is Cc1cc(N2CCN(CCC(=O)Nc3cc(C)on3)CC2)nc(C(C)C)n1. The van der Waals surface area contributed by atoms with E-state index in [9.17, 15) is 4.79 Å². The van der Waals surface area contributed by atoms with Crippen molar-refractivity contribution in [3.63, 3.8) is 0 Å². The quantitative estimate of drug-likeness (QED) is 0.833. The molecule has 0 spiro atoms. The smallest absolute Gasteiger partial charge is 0.226 e. The number of hydrogen-bond acceptors (Lipinski definition) is 7. The summed E-state index contributed by atoms with van der Waals surface area (Å²) in [7, 11) is 0. The number of nitrogens with zero attached hydrogens (tertiary/aromatic N) is 5. The summed E-state index contributed by atoms with van der Waals surface area (Å²) in [4.78, 5) is 25.9. The number of rotatable bonds is 6. The highest BCUT2D eigenvalue weighted by Gasteiger charge is 2.20. The zero-order valence-electron chi connectivity index (χ0n) is 16.5. The fraction of sp³-hybridized carbons (Fsp3) is 0.579. The molecular weight excluding hydrogens is 344 g/mol. The molecule has 1 aliphatic rings. The van der Waals surface area contributed by atoms with Gasteiger partial charge in [-0.25, -0.2) is 9.97 Å². The lowest BCUT2D eigenvalue weighted by atomic mass is 10.2. The maximum Gasteiger partial charge on any atom is 0.226 e. The minimum absolute atomic E-state index is 0.0428. The van der Waals surface area contributed by atoms with Crippen LogP contribution in [0.3, 0.4) is 0 Å². The van der Waals surface area contributed by atoms with E-state index in [2.05, 4.69) is 45.2 Å². The summed E-state index contributed by atoms with van der Waals surface area (Å²) in [6.07, 6.45) is 0.440. The Morgan fingerprint density at radius 3 is 2.56 bits per heavy atom. The number of carbonyl (C=O) groups is 1. The van der Waals surface area contributed by atoms with E-state index >= 15 is 0 Å². The highest BCUT2D eigenvalue weighted by Crippen LogP contribution is 2.18. The molecule has 146 valence electrons. The molecule has 0 saturated carbocycles. The van der Waals surface area contributed by atoms with E-state index in [4.69, 9.17) is 9.51 Å². The molecule has 1 amide bonds. The number of aromatic nitrogens is 3. The van der Waals surface area contributed by atoms with Gasteiger partial charge >= 0.3 is 0 Å². The first-order chi connectivity index (χ1) is 12.9. The van der Waals surface area contributed by atoms with E-state index in [1.165, 1.54) is 0 Å². The minimum atomic E-state index is -0.0428. The molecule has 0 radical (unpaired) electrons. The van der Waals surface area contributed by atoms with Crippen LogP contribution in [0.4, 0.5) is 11.6 Å². The number of amides is 1. The second-order valence-corrected chi connectivity index (χ2v) is 7.33. The van der Waals surface area contributed by atoms with Gasteiger partial charge in [0, 0.05) is 62.9 Å². The average molecular weight is 372 g/mol. The van der Waals surface area contributed by atoms with Gasteiger partial charge in [-0.3, -0.25) is 9.69 Å². The van der Waals surface area contributed by atoms with Crippen molar-refractivity contribution < 1.29 is 9.32 Å². The number of piperazine rings is 1. The summed E-state index contributed by atoms with van der Waals surface area (Å²) in [6.45, 7) is 12.4. The van der Waals surface area contributed by atoms with Crippen LogP contribution >= 0.6 is 0 Å². The van der Waals surface area contributed by atoms with Gasteiger partial charge in [0.25, 0.3) is 0 Å². The van der Waals surface area contributed by atoms with Crippen molar-refractivity contribution in [3.8, 4) is 0 Å². The number of anilines is 2. The highest BCUT2D eigenvalue weighted by molar-refractivity contribution is 5.89. The van der Waals surface area contributed by atoms with Crippen molar-refractivity contribution in [2.24, 2.45) is 0 Å². The van der Waals surface area contributed by atoms with E-state index in [0.29, 0.717) is 23.9 Å². The van der Waals surface area contributed by atoms with Gasteiger partial charge < -0.3 is 14.7 Å². The van der Waals surface area contributed by atoms with Gasteiger partial charge in [0.2, 0.25) is 5.91 Å². The Balaban J connectivity index is 1.47. The Morgan fingerprint density at radius 2 is 1.93 bits per heavy atom. The Hall–Kier alpha value is -2.48. The third-order valence-corrected chi connectivity index (χ3v) is 4.62. The molecule has 3 heterocycles. The second-order valence-electron chi connectivity index (χ2n) is 7.33. The first kappa shape index (κ1) is 19.3. The largest absolute Gasteiger partial charge is 0.360 e. The molecule has 1 fully saturated rings. The third kappa shape index (κ3) is 5.26. The van der Waals surface area contributed by atoms with E-state index in [1.54, 1.807) is 13.0 Å². The number of hydrogen-bond donors (Lipinski definition) is 1. The maximum atomic E-state index is 12.0. The molecular formula is C19H28N6O2. The molecule has 0 unspecified atom stereocenters. The Kier molecular flexibility index (Phi) is 6.05. The van der Waals surface area contributed by atoms with Crippen LogP contribution in [-0.4, -0.2) is 58.7 Å². The van der Waals surface area contributed by atoms with Gasteiger partial charge in [-0.2, -0.15) is 0 Å². The van der Waals surface area contributed by atoms with Crippen LogP contribution < -0.4 is 10.2 Å². The van der Waals surface area contributed by atoms with Crippen LogP contribution in [-0.2, 0) is 4.79 Å². The van der Waals surface area contributed by atoms with Crippen molar-refractivity contribution in [2.75, 3.05) is 42.9 Å². The molecule has 2 aromatic rings. The fourth-order valence-corrected chi connectivity index (χ4v) is 3.09. The summed E-state index contributed by atoms with van der Waals surface area (Å²) < 4.78 is 4.95. The molecule has 0 aromatic carbocycles. The van der Waals surface area contributed by atoms with Crippen molar-refractivity contribution in [3.05, 3.63) is 29.4 Å². The van der Waals surface area contributed by atoms with Gasteiger partial charge in [-0.15, -0.1) is 0 Å². The molecule has 2 aromatic heterocycles. The predicted octanol–water partition coefficient (Wildman–Crippen LogP) is 2.36. The number of aryl methyl sites for hydroxylation is 2. The standard InChI is InChI=1S/C19H28N6O2/c1-13(2)19-20-14(3)11-17(22-19)25-9-7-24(8-10-25)6-5-18(26)21-16-12-15(4)27-23-16/h11-13H,5-10H2,1-4H3,(H,21,23,26). The van der Waals surface area contributed by atoms with Crippen molar-refractivity contribution >= 4 is 17.5 Å². The molecule has 8 nitrogen and oxygen atoms in total. The lowest BCUT2D eigenvalue weighted by Gasteiger charge is -2.35. The summed E-state index contributed by atoms with van der Waals surface area (Å²) in [6, 6.07) is 3.76. The maximum absolute atomic E-state index is 12.0. The molecule has 0 aliphatic carbocycles. The van der Waals surface area contributed by atoms with Crippen molar-refractivity contribution in [1.82, 2.24) is 20.0 Å². The third-order valence-electron chi connectivity index (χ3n) is 4.62. The first-order valence-electron chi connectivity index (χ1n) is 9.47. The average Bonchev–Trinajstić information content (AvgIpc) is 3.04. The number of nitrogens with one attached hydrogen (secondary N) is 1. The van der Waals surface area contributed by atoms with Gasteiger partial charge in [-0.05, 0) is 13.8 Å². The van der Waals surface area contributed by atoms with Crippen LogP contribution in [0.1, 0.15) is 43.5 Å². The Morgan fingerprint density at radius 1 is 1.19 bits per heavy atom. The second kappa shape index (κ2) is 8.47. The van der Waals surface area contributed by atoms with E-state index in [0.717, 1.165) is 50.1 Å². The Labute approximate surface area is 159 Å². The van der Waals surface area contributed by atoms with Crippen LogP contribution in [0.15, 0.2) is 16.7 Å². The molecule has 0 atom stereocenters. The lowest BCUT2D eigenvalue weighted by Crippen LogP contribution is -2.47. The number of carbonyl (C=O) groups excluding carboxylic acids is 1. The van der Waals surface area contributed by atoms with Gasteiger partial charge in [0.1, 0.15) is 17.4 Å². The Bertz CT molecular complexity index is 780. The molecule has 3 rings (SSSR count). The summed E-state index contributed by atoms with van der Waals surface area (Å²) >= 11 is 0. The van der Waals surface area contributed by atoms with Crippen LogP contribution in [0.2, 0.25) is 0 Å². The minimum Gasteiger partial charge on any atom is -0.360 e. The molecule has 1 aliphatic heterocycles. The van der Waals surface area contributed by atoms with E-state index in [-0.39, 0.29) is 5.91 Å². The summed E-state index contributed by atoms with van der Waals surface area (Å²) in [5.74, 6) is 3.33. The van der Waals surface area contributed by atoms with Crippen LogP contribution in [0, 0.1) is 13.8 Å². The summed E-state index contributed by atoms with van der Waals surface area (Å²) in [5, 5.41) is 6.54. The lowest BCUT2D eigenvalue weighted by molar-refractivity contribution is -0.116. The zero-order chi connectivity index (χ0) is 19.4. The van der Waals surface area contributed by atoms with E-state index < -0.39 is 0 Å². The predicted molar refractivity (Wildman–Crippen MR) is 104 cm³/mol. The van der Waals surface area contributed by atoms with Gasteiger partial charge in [-0.1, -0.05) is 19.0 Å². The molecule has 8 heteroatoms. The molecule has 0 bridgehead atoms. The topological polar surface area (TPSA) is 87.4 Å². The van der Waals surface area contributed by atoms with Gasteiger partial charge in [0.15, 0.2) is 5.82 Å².